The molecule has 0 radical (unpaired) electrons. The van der Waals surface area contributed by atoms with E-state index in [2.05, 4.69) is 54.9 Å². The zero-order chi connectivity index (χ0) is 26.2. The molecule has 3 aromatic carbocycles. The number of unbranched alkanes of at least 4 members (excludes halogenated alkanes) is 1. The van der Waals surface area contributed by atoms with Crippen molar-refractivity contribution in [1.29, 1.82) is 0 Å². The highest BCUT2D eigenvalue weighted by atomic mass is 19.1. The molecule has 4 rings (SSSR count). The van der Waals surface area contributed by atoms with Gasteiger partial charge in [-0.1, -0.05) is 38.1 Å². The summed E-state index contributed by atoms with van der Waals surface area (Å²) in [6, 6.07) is 20.2. The smallest absolute Gasteiger partial charge is 0.251 e. The van der Waals surface area contributed by atoms with E-state index in [1.54, 1.807) is 0 Å². The number of hydrogen-bond donors (Lipinski definition) is 1. The first-order valence-electron chi connectivity index (χ1n) is 13.1. The Balaban J connectivity index is 1.30. The van der Waals surface area contributed by atoms with Gasteiger partial charge in [-0.05, 0) is 85.7 Å². The number of aryl methyl sites for hydroxylation is 3. The van der Waals surface area contributed by atoms with E-state index in [9.17, 15) is 9.18 Å². The molecule has 1 heterocycles. The summed E-state index contributed by atoms with van der Waals surface area (Å²) in [5.41, 5.74) is 5.05. The first-order valence-corrected chi connectivity index (χ1v) is 13.1. The predicted octanol–water partition coefficient (Wildman–Crippen LogP) is 6.83. The van der Waals surface area contributed by atoms with Crippen LogP contribution in [-0.2, 0) is 13.0 Å². The quantitative estimate of drug-likeness (QED) is 0.217. The van der Waals surface area contributed by atoms with Crippen molar-refractivity contribution >= 4 is 16.9 Å². The van der Waals surface area contributed by atoms with Gasteiger partial charge in [0.25, 0.3) is 5.91 Å². The molecule has 5 nitrogen and oxygen atoms in total. The number of carbonyl (C=O) groups is 1. The Morgan fingerprint density at radius 3 is 2.59 bits per heavy atom. The second kappa shape index (κ2) is 12.5. The van der Waals surface area contributed by atoms with E-state index in [1.165, 1.54) is 35.4 Å². The van der Waals surface area contributed by atoms with Gasteiger partial charge in [-0.3, -0.25) is 4.79 Å². The van der Waals surface area contributed by atoms with E-state index in [1.807, 2.05) is 18.2 Å². The van der Waals surface area contributed by atoms with Crippen LogP contribution in [0.2, 0.25) is 0 Å². The van der Waals surface area contributed by atoms with Crippen LogP contribution in [0.3, 0.4) is 0 Å². The van der Waals surface area contributed by atoms with Crippen LogP contribution in [0.15, 0.2) is 66.7 Å². The molecule has 0 aliphatic heterocycles. The summed E-state index contributed by atoms with van der Waals surface area (Å²) in [5, 5.41) is 2.92. The molecule has 0 aliphatic carbocycles. The number of hydrogen-bond acceptors (Lipinski definition) is 3. The van der Waals surface area contributed by atoms with Crippen molar-refractivity contribution in [1.82, 2.24) is 14.9 Å². The average molecular weight is 502 g/mol. The fourth-order valence-electron chi connectivity index (χ4n) is 4.52. The van der Waals surface area contributed by atoms with Crippen LogP contribution in [0.25, 0.3) is 11.0 Å². The maximum absolute atomic E-state index is 13.1. The van der Waals surface area contributed by atoms with E-state index < -0.39 is 0 Å². The number of para-hydroxylation sites is 2. The zero-order valence-electron chi connectivity index (χ0n) is 22.0. The first kappa shape index (κ1) is 26.4. The number of aromatic nitrogens is 2. The number of halogens is 1. The number of nitrogens with one attached hydrogen (secondary N) is 1. The number of benzene rings is 3. The average Bonchev–Trinajstić information content (AvgIpc) is 3.24. The third kappa shape index (κ3) is 6.97. The predicted molar refractivity (Wildman–Crippen MR) is 147 cm³/mol. The molecule has 0 spiro atoms. The minimum Gasteiger partial charge on any atom is -0.493 e. The highest BCUT2D eigenvalue weighted by Crippen LogP contribution is 2.27. The number of amides is 1. The summed E-state index contributed by atoms with van der Waals surface area (Å²) in [7, 11) is 0. The molecule has 37 heavy (non-hydrogen) atoms. The van der Waals surface area contributed by atoms with Gasteiger partial charge < -0.3 is 14.6 Å². The summed E-state index contributed by atoms with van der Waals surface area (Å²) in [5.74, 6) is 1.90. The van der Waals surface area contributed by atoms with Crippen LogP contribution in [0.1, 0.15) is 66.3 Å². The molecule has 6 heteroatoms. The molecule has 0 aliphatic rings. The number of rotatable bonds is 12. The number of nitrogens with zero attached hydrogens (tertiary/aromatic N) is 2. The van der Waals surface area contributed by atoms with Gasteiger partial charge >= 0.3 is 0 Å². The van der Waals surface area contributed by atoms with E-state index >= 15 is 0 Å². The van der Waals surface area contributed by atoms with Gasteiger partial charge in [-0.25, -0.2) is 9.37 Å². The largest absolute Gasteiger partial charge is 0.493 e. The fourth-order valence-corrected chi connectivity index (χ4v) is 4.52. The van der Waals surface area contributed by atoms with Crippen molar-refractivity contribution in [2.45, 2.75) is 58.9 Å². The van der Waals surface area contributed by atoms with E-state index in [0.717, 1.165) is 54.8 Å². The van der Waals surface area contributed by atoms with Gasteiger partial charge in [0.2, 0.25) is 0 Å². The lowest BCUT2D eigenvalue weighted by molar-refractivity contribution is 0.0953. The lowest BCUT2D eigenvalue weighted by atomic mass is 10.0. The molecule has 1 N–H and O–H groups in total. The van der Waals surface area contributed by atoms with Crippen molar-refractivity contribution in [3.05, 3.63) is 95.1 Å². The highest BCUT2D eigenvalue weighted by Gasteiger charge is 2.12. The van der Waals surface area contributed by atoms with Gasteiger partial charge in [0.1, 0.15) is 17.4 Å². The Hall–Kier alpha value is -3.67. The van der Waals surface area contributed by atoms with Crippen molar-refractivity contribution in [2.24, 2.45) is 0 Å². The van der Waals surface area contributed by atoms with Gasteiger partial charge in [0, 0.05) is 25.1 Å². The van der Waals surface area contributed by atoms with Crippen LogP contribution < -0.4 is 10.1 Å². The Morgan fingerprint density at radius 1 is 1.03 bits per heavy atom. The van der Waals surface area contributed by atoms with Crippen LogP contribution in [0, 0.1) is 12.7 Å². The Morgan fingerprint density at radius 2 is 1.81 bits per heavy atom. The Labute approximate surface area is 218 Å². The molecular weight excluding hydrogens is 465 g/mol. The van der Waals surface area contributed by atoms with Crippen molar-refractivity contribution in [2.75, 3.05) is 13.2 Å². The summed E-state index contributed by atoms with van der Waals surface area (Å²) in [6.07, 6.45) is 3.46. The summed E-state index contributed by atoms with van der Waals surface area (Å²) in [6.45, 7) is 8.56. The molecular formula is C31H36FN3O2. The molecule has 0 fully saturated rings. The second-order valence-corrected chi connectivity index (χ2v) is 9.79. The topological polar surface area (TPSA) is 56.1 Å². The fraction of sp³-hybridized carbons (Fsp3) is 0.355. The van der Waals surface area contributed by atoms with E-state index in [4.69, 9.17) is 9.72 Å². The maximum atomic E-state index is 13.1. The molecule has 0 saturated carbocycles. The first-order chi connectivity index (χ1) is 17.9. The third-order valence-electron chi connectivity index (χ3n) is 6.53. The highest BCUT2D eigenvalue weighted by molar-refractivity contribution is 5.94. The molecule has 4 aromatic rings. The summed E-state index contributed by atoms with van der Waals surface area (Å²) < 4.78 is 21.6. The van der Waals surface area contributed by atoms with Crippen LogP contribution in [-0.4, -0.2) is 28.6 Å². The molecule has 0 unspecified atom stereocenters. The Bertz CT molecular complexity index is 1330. The van der Waals surface area contributed by atoms with Crippen LogP contribution in [0.4, 0.5) is 4.39 Å². The summed E-state index contributed by atoms with van der Waals surface area (Å²) in [4.78, 5) is 17.2. The lowest BCUT2D eigenvalue weighted by Gasteiger charge is -2.15. The molecule has 0 saturated heterocycles. The number of carbonyl (C=O) groups excluding carboxylic acids is 1. The molecule has 194 valence electrons. The maximum Gasteiger partial charge on any atom is 0.251 e. The molecule has 1 amide bonds. The van der Waals surface area contributed by atoms with Gasteiger partial charge in [0.15, 0.2) is 0 Å². The normalized spacial score (nSPS) is 11.3. The third-order valence-corrected chi connectivity index (χ3v) is 6.53. The molecule has 0 atom stereocenters. The minimum atomic E-state index is -0.350. The SMILES string of the molecule is Cc1ccc(C(C)C)c(OCCCCn2c(CCCNC(=O)c3ccc(F)cc3)nc3ccccc32)c1. The standard InChI is InChI=1S/C31H36FN3O2/c1-22(2)26-17-12-23(3)21-29(26)37-20-7-6-19-35-28-10-5-4-9-27(28)34-30(35)11-8-18-33-31(36)24-13-15-25(32)16-14-24/h4-5,9-10,12-17,21-22H,6-8,11,18-20H2,1-3H3,(H,33,36). The summed E-state index contributed by atoms with van der Waals surface area (Å²) >= 11 is 0. The van der Waals surface area contributed by atoms with Crippen molar-refractivity contribution in [3.8, 4) is 5.75 Å². The Kier molecular flexibility index (Phi) is 8.94. The van der Waals surface area contributed by atoms with Crippen LogP contribution >= 0.6 is 0 Å². The minimum absolute atomic E-state index is 0.192. The zero-order valence-corrected chi connectivity index (χ0v) is 22.0. The number of ether oxygens (including phenoxy) is 1. The van der Waals surface area contributed by atoms with Gasteiger partial charge in [-0.2, -0.15) is 0 Å². The lowest BCUT2D eigenvalue weighted by Crippen LogP contribution is -2.25. The molecule has 0 bridgehead atoms. The monoisotopic (exact) mass is 501 g/mol. The second-order valence-electron chi connectivity index (χ2n) is 9.79. The van der Waals surface area contributed by atoms with Crippen LogP contribution in [0.5, 0.6) is 5.75 Å². The van der Waals surface area contributed by atoms with Crippen molar-refractivity contribution in [3.63, 3.8) is 0 Å². The molecule has 1 aromatic heterocycles. The number of imidazole rings is 1. The van der Waals surface area contributed by atoms with Gasteiger partial charge in [-0.15, -0.1) is 0 Å². The number of fused-ring (bicyclic) bond motifs is 1. The van der Waals surface area contributed by atoms with E-state index in [-0.39, 0.29) is 11.7 Å². The van der Waals surface area contributed by atoms with E-state index in [0.29, 0.717) is 24.6 Å². The van der Waals surface area contributed by atoms with Gasteiger partial charge in [0.05, 0.1) is 17.6 Å². The van der Waals surface area contributed by atoms with Crippen molar-refractivity contribution < 1.29 is 13.9 Å².